The third kappa shape index (κ3) is 3.31. The van der Waals surface area contributed by atoms with Crippen molar-refractivity contribution in [2.45, 2.75) is 19.4 Å². The summed E-state index contributed by atoms with van der Waals surface area (Å²) in [4.78, 5) is 31.2. The molecular formula is C21H22N2O5. The monoisotopic (exact) mass is 382 g/mol. The summed E-state index contributed by atoms with van der Waals surface area (Å²) in [7, 11) is 2.98. The molecule has 28 heavy (non-hydrogen) atoms. The summed E-state index contributed by atoms with van der Waals surface area (Å²) in [5.74, 6) is -0.808. The van der Waals surface area contributed by atoms with E-state index in [1.807, 2.05) is 6.92 Å². The summed E-state index contributed by atoms with van der Waals surface area (Å²) in [5, 5.41) is 11.0. The molecule has 2 heterocycles. The van der Waals surface area contributed by atoms with E-state index >= 15 is 0 Å². The molecule has 1 N–H and O–H groups in total. The van der Waals surface area contributed by atoms with Crippen LogP contribution >= 0.6 is 0 Å². The van der Waals surface area contributed by atoms with Crippen LogP contribution in [-0.2, 0) is 9.59 Å². The number of carbonyl (C=O) groups is 2. The maximum absolute atomic E-state index is 12.8. The Labute approximate surface area is 163 Å². The molecule has 1 atom stereocenters. The standard InChI is InChI=1S/C21H22N2O5/c1-4-11-23-18(15-7-5-6-10-22-15)17(20(25)21(23)26)19(24)14-9-8-13(27-2)12-16(14)28-3/h5-10,12,18,24H,4,11H2,1-3H3/b19-17-. The van der Waals surface area contributed by atoms with Crippen molar-refractivity contribution < 1.29 is 24.2 Å². The van der Waals surface area contributed by atoms with E-state index in [0.717, 1.165) is 0 Å². The van der Waals surface area contributed by atoms with Gasteiger partial charge < -0.3 is 19.5 Å². The Morgan fingerprint density at radius 1 is 1.18 bits per heavy atom. The number of amides is 1. The first-order valence-corrected chi connectivity index (χ1v) is 8.95. The highest BCUT2D eigenvalue weighted by Gasteiger charge is 2.46. The van der Waals surface area contributed by atoms with Crippen LogP contribution in [0.1, 0.15) is 30.6 Å². The molecule has 1 aliphatic heterocycles. The fourth-order valence-electron chi connectivity index (χ4n) is 3.34. The highest BCUT2D eigenvalue weighted by atomic mass is 16.5. The molecule has 0 spiro atoms. The summed E-state index contributed by atoms with van der Waals surface area (Å²) >= 11 is 0. The number of likely N-dealkylation sites (tertiary alicyclic amines) is 1. The van der Waals surface area contributed by atoms with Crippen LogP contribution in [0.25, 0.3) is 5.76 Å². The minimum atomic E-state index is -0.757. The Hall–Kier alpha value is -3.35. The molecule has 1 saturated heterocycles. The van der Waals surface area contributed by atoms with Crippen molar-refractivity contribution in [3.8, 4) is 11.5 Å². The van der Waals surface area contributed by atoms with Crippen LogP contribution in [-0.4, -0.2) is 47.4 Å². The molecule has 0 radical (unpaired) electrons. The molecule has 1 amide bonds. The molecular weight excluding hydrogens is 360 g/mol. The number of aromatic nitrogens is 1. The quantitative estimate of drug-likeness (QED) is 0.469. The lowest BCUT2D eigenvalue weighted by molar-refractivity contribution is -0.139. The van der Waals surface area contributed by atoms with Crippen LogP contribution in [0.4, 0.5) is 0 Å². The van der Waals surface area contributed by atoms with E-state index in [2.05, 4.69) is 4.98 Å². The predicted octanol–water partition coefficient (Wildman–Crippen LogP) is 2.93. The fourth-order valence-corrected chi connectivity index (χ4v) is 3.34. The van der Waals surface area contributed by atoms with E-state index in [9.17, 15) is 14.7 Å². The van der Waals surface area contributed by atoms with Crippen LogP contribution in [0.3, 0.4) is 0 Å². The number of carbonyl (C=O) groups excluding carboxylic acids is 2. The summed E-state index contributed by atoms with van der Waals surface area (Å²) < 4.78 is 10.5. The highest BCUT2D eigenvalue weighted by molar-refractivity contribution is 6.46. The molecule has 1 aromatic carbocycles. The Morgan fingerprint density at radius 3 is 2.57 bits per heavy atom. The van der Waals surface area contributed by atoms with Crippen molar-refractivity contribution in [1.82, 2.24) is 9.88 Å². The Balaban J connectivity index is 2.21. The zero-order valence-electron chi connectivity index (χ0n) is 16.0. The first-order chi connectivity index (χ1) is 13.5. The van der Waals surface area contributed by atoms with Crippen molar-refractivity contribution >= 4 is 17.4 Å². The smallest absolute Gasteiger partial charge is 0.295 e. The number of ketones is 1. The molecule has 146 valence electrons. The van der Waals surface area contributed by atoms with Gasteiger partial charge in [-0.2, -0.15) is 0 Å². The second-order valence-electron chi connectivity index (χ2n) is 6.31. The van der Waals surface area contributed by atoms with Crippen LogP contribution in [0.2, 0.25) is 0 Å². The van der Waals surface area contributed by atoms with Gasteiger partial charge in [-0.25, -0.2) is 0 Å². The van der Waals surface area contributed by atoms with Gasteiger partial charge >= 0.3 is 0 Å². The molecule has 1 fully saturated rings. The fraction of sp³-hybridized carbons (Fsp3) is 0.286. The number of hydrogen-bond donors (Lipinski definition) is 1. The first-order valence-electron chi connectivity index (χ1n) is 8.95. The van der Waals surface area contributed by atoms with E-state index < -0.39 is 17.7 Å². The minimum Gasteiger partial charge on any atom is -0.507 e. The van der Waals surface area contributed by atoms with Crippen molar-refractivity contribution in [3.63, 3.8) is 0 Å². The van der Waals surface area contributed by atoms with Gasteiger partial charge in [0, 0.05) is 18.8 Å². The third-order valence-corrected chi connectivity index (χ3v) is 4.64. The maximum atomic E-state index is 12.8. The van der Waals surface area contributed by atoms with Gasteiger partial charge in [-0.3, -0.25) is 14.6 Å². The summed E-state index contributed by atoms with van der Waals surface area (Å²) in [6.07, 6.45) is 2.26. The van der Waals surface area contributed by atoms with Crippen molar-refractivity contribution in [3.05, 3.63) is 59.4 Å². The van der Waals surface area contributed by atoms with Crippen LogP contribution in [0.5, 0.6) is 11.5 Å². The van der Waals surface area contributed by atoms with Gasteiger partial charge in [-0.15, -0.1) is 0 Å². The third-order valence-electron chi connectivity index (χ3n) is 4.64. The summed E-state index contributed by atoms with van der Waals surface area (Å²) in [6, 6.07) is 9.35. The Bertz CT molecular complexity index is 924. The van der Waals surface area contributed by atoms with Gasteiger partial charge in [0.25, 0.3) is 11.7 Å². The van der Waals surface area contributed by atoms with Gasteiger partial charge in [0.2, 0.25) is 0 Å². The van der Waals surface area contributed by atoms with Gasteiger partial charge in [-0.1, -0.05) is 13.0 Å². The van der Waals surface area contributed by atoms with Gasteiger partial charge in [0.15, 0.2) is 0 Å². The second-order valence-corrected chi connectivity index (χ2v) is 6.31. The SMILES string of the molecule is CCCN1C(=O)C(=O)/C(=C(\O)c2ccc(OC)cc2OC)C1c1ccccn1. The van der Waals surface area contributed by atoms with Crippen molar-refractivity contribution in [1.29, 1.82) is 0 Å². The van der Waals surface area contributed by atoms with Crippen molar-refractivity contribution in [2.24, 2.45) is 0 Å². The number of aliphatic hydroxyl groups excluding tert-OH is 1. The number of ether oxygens (including phenoxy) is 2. The van der Waals surface area contributed by atoms with Crippen LogP contribution in [0.15, 0.2) is 48.2 Å². The highest BCUT2D eigenvalue weighted by Crippen LogP contribution is 2.40. The Morgan fingerprint density at radius 2 is 1.96 bits per heavy atom. The largest absolute Gasteiger partial charge is 0.507 e. The number of Topliss-reactive ketones (excluding diaryl/α,β-unsaturated/α-hetero) is 1. The molecule has 2 aromatic rings. The lowest BCUT2D eigenvalue weighted by Crippen LogP contribution is -2.30. The van der Waals surface area contributed by atoms with E-state index in [4.69, 9.17) is 9.47 Å². The molecule has 1 aromatic heterocycles. The molecule has 0 aliphatic carbocycles. The van der Waals surface area contributed by atoms with Gasteiger partial charge in [0.1, 0.15) is 23.3 Å². The number of rotatable bonds is 6. The molecule has 7 heteroatoms. The lowest BCUT2D eigenvalue weighted by atomic mass is 9.97. The second kappa shape index (κ2) is 8.12. The molecule has 0 bridgehead atoms. The average Bonchev–Trinajstić information content (AvgIpc) is 2.98. The first kappa shape index (κ1) is 19.4. The van der Waals surface area contributed by atoms with Gasteiger partial charge in [-0.05, 0) is 30.7 Å². The number of pyridine rings is 1. The number of hydrogen-bond acceptors (Lipinski definition) is 6. The van der Waals surface area contributed by atoms with Gasteiger partial charge in [0.05, 0.1) is 31.1 Å². The molecule has 1 aliphatic rings. The number of benzene rings is 1. The molecule has 7 nitrogen and oxygen atoms in total. The van der Waals surface area contributed by atoms with E-state index in [1.54, 1.807) is 42.6 Å². The molecule has 0 saturated carbocycles. The summed E-state index contributed by atoms with van der Waals surface area (Å²) in [5.41, 5.74) is 0.823. The molecule has 3 rings (SSSR count). The normalized spacial score (nSPS) is 18.4. The lowest BCUT2D eigenvalue weighted by Gasteiger charge is -2.24. The minimum absolute atomic E-state index is 0.000571. The number of methoxy groups -OCH3 is 2. The summed E-state index contributed by atoms with van der Waals surface area (Å²) in [6.45, 7) is 2.30. The molecule has 1 unspecified atom stereocenters. The zero-order chi connectivity index (χ0) is 20.3. The topological polar surface area (TPSA) is 89.0 Å². The van der Waals surface area contributed by atoms with E-state index in [-0.39, 0.29) is 11.3 Å². The van der Waals surface area contributed by atoms with E-state index in [1.165, 1.54) is 19.1 Å². The number of nitrogens with zero attached hydrogens (tertiary/aromatic N) is 2. The van der Waals surface area contributed by atoms with Crippen LogP contribution < -0.4 is 9.47 Å². The Kier molecular flexibility index (Phi) is 5.63. The zero-order valence-corrected chi connectivity index (χ0v) is 16.0. The van der Waals surface area contributed by atoms with Crippen LogP contribution in [0, 0.1) is 0 Å². The van der Waals surface area contributed by atoms with Crippen molar-refractivity contribution in [2.75, 3.05) is 20.8 Å². The number of aliphatic hydroxyl groups is 1. The van der Waals surface area contributed by atoms with E-state index in [0.29, 0.717) is 35.7 Å². The average molecular weight is 382 g/mol. The predicted molar refractivity (Wildman–Crippen MR) is 103 cm³/mol. The maximum Gasteiger partial charge on any atom is 0.295 e.